The average molecular weight is 255 g/mol. The molecule has 0 aliphatic rings. The zero-order valence-corrected chi connectivity index (χ0v) is 10.2. The lowest BCUT2D eigenvalue weighted by molar-refractivity contribution is 0.0950. The molecule has 0 saturated heterocycles. The van der Waals surface area contributed by atoms with Gasteiger partial charge in [-0.3, -0.25) is 14.6 Å². The lowest BCUT2D eigenvalue weighted by Crippen LogP contribution is -2.23. The van der Waals surface area contributed by atoms with E-state index in [1.54, 1.807) is 24.4 Å². The molecule has 5 heteroatoms. The number of nitrogens with zero attached hydrogens (tertiary/aromatic N) is 1. The summed E-state index contributed by atoms with van der Waals surface area (Å²) in [6.07, 6.45) is 1.66. The fraction of sp³-hybridized carbons (Fsp3) is 0.0714. The quantitative estimate of drug-likeness (QED) is 0.858. The maximum atomic E-state index is 11.9. The van der Waals surface area contributed by atoms with Gasteiger partial charge in [-0.05, 0) is 30.3 Å². The van der Waals surface area contributed by atoms with Gasteiger partial charge in [-0.15, -0.1) is 0 Å². The minimum absolute atomic E-state index is 0.270. The lowest BCUT2D eigenvalue weighted by atomic mass is 10.1. The van der Waals surface area contributed by atoms with E-state index in [1.165, 1.54) is 6.07 Å². The summed E-state index contributed by atoms with van der Waals surface area (Å²) in [5, 5.41) is 2.73. The van der Waals surface area contributed by atoms with Crippen LogP contribution in [0.3, 0.4) is 0 Å². The fourth-order valence-corrected chi connectivity index (χ4v) is 1.59. The highest BCUT2D eigenvalue weighted by Crippen LogP contribution is 2.05. The Morgan fingerprint density at radius 1 is 1.11 bits per heavy atom. The molecule has 5 nitrogen and oxygen atoms in total. The van der Waals surface area contributed by atoms with Crippen molar-refractivity contribution in [3.8, 4) is 0 Å². The van der Waals surface area contributed by atoms with E-state index in [4.69, 9.17) is 5.73 Å². The fourth-order valence-electron chi connectivity index (χ4n) is 1.59. The first kappa shape index (κ1) is 12.8. The Labute approximate surface area is 110 Å². The van der Waals surface area contributed by atoms with Crippen molar-refractivity contribution in [1.29, 1.82) is 0 Å². The summed E-state index contributed by atoms with van der Waals surface area (Å²) in [5.74, 6) is -0.826. The predicted octanol–water partition coefficient (Wildman–Crippen LogP) is 1.11. The maximum Gasteiger partial charge on any atom is 0.251 e. The summed E-state index contributed by atoms with van der Waals surface area (Å²) < 4.78 is 0. The first-order valence-corrected chi connectivity index (χ1v) is 5.75. The minimum atomic E-state index is -0.556. The molecule has 2 rings (SSSR count). The number of carbonyl (C=O) groups is 2. The Bertz CT molecular complexity index is 597. The van der Waals surface area contributed by atoms with Crippen molar-refractivity contribution in [2.45, 2.75) is 6.54 Å². The van der Waals surface area contributed by atoms with Gasteiger partial charge in [-0.25, -0.2) is 0 Å². The third-order valence-electron chi connectivity index (χ3n) is 2.57. The zero-order chi connectivity index (χ0) is 13.7. The summed E-state index contributed by atoms with van der Waals surface area (Å²) in [7, 11) is 0. The molecule has 2 amide bonds. The van der Waals surface area contributed by atoms with Gasteiger partial charge in [-0.1, -0.05) is 12.1 Å². The van der Waals surface area contributed by atoms with Crippen molar-refractivity contribution in [3.63, 3.8) is 0 Å². The Morgan fingerprint density at radius 2 is 1.89 bits per heavy atom. The van der Waals surface area contributed by atoms with Crippen LogP contribution >= 0.6 is 0 Å². The monoisotopic (exact) mass is 255 g/mol. The number of aromatic nitrogens is 1. The van der Waals surface area contributed by atoms with Crippen LogP contribution in [0.4, 0.5) is 0 Å². The molecule has 96 valence electrons. The largest absolute Gasteiger partial charge is 0.366 e. The number of nitrogens with two attached hydrogens (primary N) is 1. The Hall–Kier alpha value is -2.69. The molecule has 0 fully saturated rings. The van der Waals surface area contributed by atoms with E-state index >= 15 is 0 Å². The molecule has 0 saturated carbocycles. The number of benzene rings is 1. The number of hydrogen-bond acceptors (Lipinski definition) is 3. The van der Waals surface area contributed by atoms with E-state index in [9.17, 15) is 9.59 Å². The minimum Gasteiger partial charge on any atom is -0.366 e. The number of carbonyl (C=O) groups excluding carboxylic acids is 2. The summed E-state index contributed by atoms with van der Waals surface area (Å²) in [4.78, 5) is 27.0. The SMILES string of the molecule is NC(=O)c1cccc(C(=O)NCc2ccccn2)c1. The summed E-state index contributed by atoms with van der Waals surface area (Å²) in [5.41, 5.74) is 6.64. The molecule has 1 aromatic carbocycles. The van der Waals surface area contributed by atoms with Gasteiger partial charge in [0, 0.05) is 17.3 Å². The topological polar surface area (TPSA) is 85.1 Å². The molecule has 0 radical (unpaired) electrons. The zero-order valence-electron chi connectivity index (χ0n) is 10.2. The van der Waals surface area contributed by atoms with E-state index in [1.807, 2.05) is 18.2 Å². The van der Waals surface area contributed by atoms with Crippen LogP contribution in [0.2, 0.25) is 0 Å². The molecule has 0 aliphatic carbocycles. The smallest absolute Gasteiger partial charge is 0.251 e. The molecule has 0 aliphatic heterocycles. The summed E-state index contributed by atoms with van der Waals surface area (Å²) in [6, 6.07) is 11.8. The second-order valence-corrected chi connectivity index (χ2v) is 3.95. The van der Waals surface area contributed by atoms with Crippen LogP contribution in [0.25, 0.3) is 0 Å². The Balaban J connectivity index is 2.04. The summed E-state index contributed by atoms with van der Waals surface area (Å²) >= 11 is 0. The number of rotatable bonds is 4. The number of amides is 2. The predicted molar refractivity (Wildman–Crippen MR) is 70.4 cm³/mol. The Kier molecular flexibility index (Phi) is 3.87. The third-order valence-corrected chi connectivity index (χ3v) is 2.57. The molecule has 19 heavy (non-hydrogen) atoms. The van der Waals surface area contributed by atoms with Crippen molar-refractivity contribution in [2.75, 3.05) is 0 Å². The highest BCUT2D eigenvalue weighted by atomic mass is 16.2. The van der Waals surface area contributed by atoms with Gasteiger partial charge in [0.25, 0.3) is 5.91 Å². The van der Waals surface area contributed by atoms with E-state index in [0.717, 1.165) is 5.69 Å². The molecule has 0 spiro atoms. The van der Waals surface area contributed by atoms with Gasteiger partial charge < -0.3 is 11.1 Å². The number of nitrogens with one attached hydrogen (secondary N) is 1. The van der Waals surface area contributed by atoms with Crippen LogP contribution in [0.15, 0.2) is 48.7 Å². The second kappa shape index (κ2) is 5.77. The molecule has 0 unspecified atom stereocenters. The second-order valence-electron chi connectivity index (χ2n) is 3.95. The van der Waals surface area contributed by atoms with Crippen LogP contribution in [-0.2, 0) is 6.54 Å². The molecule has 1 aromatic heterocycles. The normalized spacial score (nSPS) is 9.89. The molecule has 0 atom stereocenters. The van der Waals surface area contributed by atoms with Gasteiger partial charge in [0.15, 0.2) is 0 Å². The van der Waals surface area contributed by atoms with Crippen molar-refractivity contribution >= 4 is 11.8 Å². The van der Waals surface area contributed by atoms with Crippen LogP contribution in [-0.4, -0.2) is 16.8 Å². The molecule has 0 bridgehead atoms. The third kappa shape index (κ3) is 3.38. The first-order chi connectivity index (χ1) is 9.16. The number of pyridine rings is 1. The highest BCUT2D eigenvalue weighted by Gasteiger charge is 2.08. The van der Waals surface area contributed by atoms with Gasteiger partial charge in [0.2, 0.25) is 5.91 Å². The van der Waals surface area contributed by atoms with E-state index in [2.05, 4.69) is 10.3 Å². The number of hydrogen-bond donors (Lipinski definition) is 2. The van der Waals surface area contributed by atoms with Gasteiger partial charge >= 0.3 is 0 Å². The van der Waals surface area contributed by atoms with Gasteiger partial charge in [0.05, 0.1) is 12.2 Å². The van der Waals surface area contributed by atoms with Gasteiger partial charge in [0.1, 0.15) is 0 Å². The van der Waals surface area contributed by atoms with Crippen molar-refractivity contribution in [1.82, 2.24) is 10.3 Å². The molecule has 3 N–H and O–H groups in total. The lowest BCUT2D eigenvalue weighted by Gasteiger charge is -2.05. The van der Waals surface area contributed by atoms with E-state index in [0.29, 0.717) is 17.7 Å². The van der Waals surface area contributed by atoms with Crippen LogP contribution in [0.5, 0.6) is 0 Å². The highest BCUT2D eigenvalue weighted by molar-refractivity contribution is 5.99. The van der Waals surface area contributed by atoms with E-state index < -0.39 is 5.91 Å². The number of primary amides is 1. The van der Waals surface area contributed by atoms with Crippen LogP contribution < -0.4 is 11.1 Å². The van der Waals surface area contributed by atoms with E-state index in [-0.39, 0.29) is 5.91 Å². The summed E-state index contributed by atoms with van der Waals surface area (Å²) in [6.45, 7) is 0.334. The molecular formula is C14H13N3O2. The molecule has 1 heterocycles. The molecule has 2 aromatic rings. The maximum absolute atomic E-state index is 11.9. The Morgan fingerprint density at radius 3 is 2.58 bits per heavy atom. The van der Waals surface area contributed by atoms with Crippen molar-refractivity contribution in [2.24, 2.45) is 5.73 Å². The first-order valence-electron chi connectivity index (χ1n) is 5.75. The average Bonchev–Trinajstić information content (AvgIpc) is 2.46. The van der Waals surface area contributed by atoms with Crippen molar-refractivity contribution in [3.05, 3.63) is 65.5 Å². The van der Waals surface area contributed by atoms with Gasteiger partial charge in [-0.2, -0.15) is 0 Å². The molecular weight excluding hydrogens is 242 g/mol. The standard InChI is InChI=1S/C14H13N3O2/c15-13(18)10-4-3-5-11(8-10)14(19)17-9-12-6-1-2-7-16-12/h1-8H,9H2,(H2,15,18)(H,17,19). The van der Waals surface area contributed by atoms with Crippen LogP contribution in [0, 0.1) is 0 Å². The van der Waals surface area contributed by atoms with Crippen molar-refractivity contribution < 1.29 is 9.59 Å². The van der Waals surface area contributed by atoms with Crippen LogP contribution in [0.1, 0.15) is 26.4 Å².